The number of hydrogen-bond donors (Lipinski definition) is 3. The first-order chi connectivity index (χ1) is 16.8. The first kappa shape index (κ1) is 28.2. The molecule has 4 N–H and O–H groups in total. The van der Waals surface area contributed by atoms with E-state index in [9.17, 15) is 14.7 Å². The average Bonchev–Trinajstić information content (AvgIpc) is 2.85. The van der Waals surface area contributed by atoms with E-state index in [2.05, 4.69) is 10.2 Å². The number of benzene rings is 1. The van der Waals surface area contributed by atoms with E-state index in [0.717, 1.165) is 50.9 Å². The van der Waals surface area contributed by atoms with Gasteiger partial charge in [0.05, 0.1) is 24.0 Å². The number of likely N-dealkylation sites (tertiary alicyclic amines) is 1. The fourth-order valence-electron chi connectivity index (χ4n) is 5.13. The SMILES string of the molecule is CCOC(=O)[C@@H](Cc1ccccc1)NC(=O)C1CC(Cl)C(CCCN2CCC(N)CC2)C(Cl)C1O. The van der Waals surface area contributed by atoms with Gasteiger partial charge in [-0.25, -0.2) is 4.79 Å². The molecule has 1 aliphatic carbocycles. The van der Waals surface area contributed by atoms with Gasteiger partial charge in [0.15, 0.2) is 0 Å². The van der Waals surface area contributed by atoms with Crippen molar-refractivity contribution in [3.8, 4) is 0 Å². The van der Waals surface area contributed by atoms with Crippen LogP contribution in [0.3, 0.4) is 0 Å². The van der Waals surface area contributed by atoms with Crippen LogP contribution in [0.1, 0.15) is 44.6 Å². The first-order valence-electron chi connectivity index (χ1n) is 12.7. The highest BCUT2D eigenvalue weighted by Gasteiger charge is 2.45. The quantitative estimate of drug-likeness (QED) is 0.319. The molecule has 9 heteroatoms. The lowest BCUT2D eigenvalue weighted by Crippen LogP contribution is -2.54. The minimum atomic E-state index is -1.04. The predicted molar refractivity (Wildman–Crippen MR) is 138 cm³/mol. The van der Waals surface area contributed by atoms with Crippen LogP contribution in [0.2, 0.25) is 0 Å². The van der Waals surface area contributed by atoms with Crippen LogP contribution >= 0.6 is 23.2 Å². The highest BCUT2D eigenvalue weighted by Crippen LogP contribution is 2.39. The summed E-state index contributed by atoms with van der Waals surface area (Å²) >= 11 is 13.4. The third-order valence-electron chi connectivity index (χ3n) is 7.24. The lowest BCUT2D eigenvalue weighted by atomic mass is 9.76. The van der Waals surface area contributed by atoms with Gasteiger partial charge in [0.1, 0.15) is 6.04 Å². The molecule has 1 amide bonds. The molecule has 1 aromatic rings. The Balaban J connectivity index is 1.55. The predicted octanol–water partition coefficient (Wildman–Crippen LogP) is 2.69. The molecule has 1 saturated heterocycles. The molecule has 6 atom stereocenters. The lowest BCUT2D eigenvalue weighted by molar-refractivity contribution is -0.148. The summed E-state index contributed by atoms with van der Waals surface area (Å²) in [7, 11) is 0. The average molecular weight is 529 g/mol. The second-order valence-electron chi connectivity index (χ2n) is 9.78. The molecular formula is C26H39Cl2N3O4. The van der Waals surface area contributed by atoms with Crippen LogP contribution < -0.4 is 11.1 Å². The highest BCUT2D eigenvalue weighted by molar-refractivity contribution is 6.24. The molecule has 1 aliphatic heterocycles. The summed E-state index contributed by atoms with van der Waals surface area (Å²) < 4.78 is 5.17. The fourth-order valence-corrected chi connectivity index (χ4v) is 6.15. The Bertz CT molecular complexity index is 807. The molecule has 1 heterocycles. The zero-order valence-corrected chi connectivity index (χ0v) is 22.0. The Labute approximate surface area is 218 Å². The van der Waals surface area contributed by atoms with Crippen molar-refractivity contribution in [2.45, 2.75) is 74.4 Å². The van der Waals surface area contributed by atoms with Crippen LogP contribution in [-0.4, -0.2) is 77.1 Å². The van der Waals surface area contributed by atoms with Gasteiger partial charge in [0, 0.05) is 17.8 Å². The number of hydrogen-bond acceptors (Lipinski definition) is 6. The van der Waals surface area contributed by atoms with Gasteiger partial charge in [-0.1, -0.05) is 30.3 Å². The summed E-state index contributed by atoms with van der Waals surface area (Å²) in [6.07, 6.45) is 3.32. The number of piperidine rings is 1. The number of rotatable bonds is 10. The molecule has 35 heavy (non-hydrogen) atoms. The van der Waals surface area contributed by atoms with Crippen molar-refractivity contribution in [3.05, 3.63) is 35.9 Å². The topological polar surface area (TPSA) is 105 Å². The molecule has 1 saturated carbocycles. The number of carbonyl (C=O) groups is 2. The Morgan fingerprint density at radius 1 is 1.23 bits per heavy atom. The number of ether oxygens (including phenoxy) is 1. The van der Waals surface area contributed by atoms with E-state index in [-0.39, 0.29) is 17.9 Å². The van der Waals surface area contributed by atoms with Gasteiger partial charge in [0.2, 0.25) is 5.91 Å². The van der Waals surface area contributed by atoms with Gasteiger partial charge in [-0.2, -0.15) is 0 Å². The summed E-state index contributed by atoms with van der Waals surface area (Å²) in [4.78, 5) is 28.1. The normalized spacial score (nSPS) is 28.9. The molecule has 2 fully saturated rings. The van der Waals surface area contributed by atoms with Gasteiger partial charge >= 0.3 is 5.97 Å². The number of amides is 1. The van der Waals surface area contributed by atoms with Crippen molar-refractivity contribution in [2.24, 2.45) is 17.6 Å². The maximum Gasteiger partial charge on any atom is 0.328 e. The van der Waals surface area contributed by atoms with Crippen LogP contribution in [0.25, 0.3) is 0 Å². The third-order valence-corrected chi connectivity index (χ3v) is 8.33. The van der Waals surface area contributed by atoms with Crippen LogP contribution in [0.5, 0.6) is 0 Å². The van der Waals surface area contributed by atoms with Gasteiger partial charge < -0.3 is 25.8 Å². The number of carbonyl (C=O) groups excluding carboxylic acids is 2. The summed E-state index contributed by atoms with van der Waals surface area (Å²) in [6, 6.07) is 8.87. The number of nitrogens with zero attached hydrogens (tertiary/aromatic N) is 1. The lowest BCUT2D eigenvalue weighted by Gasteiger charge is -2.40. The van der Waals surface area contributed by atoms with E-state index < -0.39 is 35.3 Å². The molecule has 3 rings (SSSR count). The van der Waals surface area contributed by atoms with Crippen molar-refractivity contribution in [2.75, 3.05) is 26.2 Å². The Hall–Kier alpha value is -1.38. The van der Waals surface area contributed by atoms with E-state index >= 15 is 0 Å². The first-order valence-corrected chi connectivity index (χ1v) is 13.6. The summed E-state index contributed by atoms with van der Waals surface area (Å²) in [6.45, 7) is 4.91. The molecular weight excluding hydrogens is 489 g/mol. The van der Waals surface area contributed by atoms with Gasteiger partial charge in [0.25, 0.3) is 0 Å². The van der Waals surface area contributed by atoms with E-state index in [1.54, 1.807) is 6.92 Å². The number of nitrogens with two attached hydrogens (primary N) is 1. The number of halogens is 2. The van der Waals surface area contributed by atoms with Gasteiger partial charge in [-0.3, -0.25) is 4.79 Å². The molecule has 0 aromatic heterocycles. The van der Waals surface area contributed by atoms with Gasteiger partial charge in [-0.15, -0.1) is 23.2 Å². The van der Waals surface area contributed by atoms with E-state index in [4.69, 9.17) is 33.7 Å². The summed E-state index contributed by atoms with van der Waals surface area (Å²) in [5, 5.41) is 12.7. The van der Waals surface area contributed by atoms with Crippen LogP contribution in [0.15, 0.2) is 30.3 Å². The molecule has 0 radical (unpaired) electrons. The van der Waals surface area contributed by atoms with Crippen molar-refractivity contribution < 1.29 is 19.4 Å². The number of esters is 1. The maximum absolute atomic E-state index is 13.1. The van der Waals surface area contributed by atoms with Crippen LogP contribution in [0.4, 0.5) is 0 Å². The molecule has 2 aliphatic rings. The molecule has 5 unspecified atom stereocenters. The minimum absolute atomic E-state index is 0.0883. The smallest absolute Gasteiger partial charge is 0.328 e. The molecule has 0 spiro atoms. The largest absolute Gasteiger partial charge is 0.464 e. The van der Waals surface area contributed by atoms with E-state index in [1.165, 1.54) is 0 Å². The van der Waals surface area contributed by atoms with Crippen LogP contribution in [0, 0.1) is 11.8 Å². The molecule has 0 bridgehead atoms. The Kier molecular flexibility index (Phi) is 11.1. The summed E-state index contributed by atoms with van der Waals surface area (Å²) in [5.74, 6) is -1.80. The standard InChI is InChI=1S/C26H39Cl2N3O4/c1-2-35-26(34)22(15-17-7-4-3-5-8-17)30-25(33)20-16-21(27)19(23(28)24(20)32)9-6-12-31-13-10-18(29)11-14-31/h3-5,7-8,18-24,32H,2,6,9-16,29H2,1H3,(H,30,33)/t19?,20?,21?,22-,23?,24?/m1/s1. The van der Waals surface area contributed by atoms with E-state index in [0.29, 0.717) is 18.9 Å². The number of aliphatic hydroxyl groups excluding tert-OH is 1. The van der Waals surface area contributed by atoms with Crippen molar-refractivity contribution in [1.82, 2.24) is 10.2 Å². The molecule has 7 nitrogen and oxygen atoms in total. The molecule has 1 aromatic carbocycles. The van der Waals surface area contributed by atoms with Crippen LogP contribution in [-0.2, 0) is 20.7 Å². The number of aliphatic hydroxyl groups is 1. The Morgan fingerprint density at radius 3 is 2.57 bits per heavy atom. The van der Waals surface area contributed by atoms with Crippen molar-refractivity contribution in [3.63, 3.8) is 0 Å². The van der Waals surface area contributed by atoms with E-state index in [1.807, 2.05) is 30.3 Å². The highest BCUT2D eigenvalue weighted by atomic mass is 35.5. The van der Waals surface area contributed by atoms with Gasteiger partial charge in [-0.05, 0) is 70.1 Å². The van der Waals surface area contributed by atoms with Crippen molar-refractivity contribution in [1.29, 1.82) is 0 Å². The Morgan fingerprint density at radius 2 is 1.91 bits per heavy atom. The third kappa shape index (κ3) is 8.05. The fraction of sp³-hybridized carbons (Fsp3) is 0.692. The second-order valence-corrected chi connectivity index (χ2v) is 10.8. The maximum atomic E-state index is 13.1. The number of alkyl halides is 2. The minimum Gasteiger partial charge on any atom is -0.464 e. The zero-order valence-electron chi connectivity index (χ0n) is 20.5. The molecule has 196 valence electrons. The summed E-state index contributed by atoms with van der Waals surface area (Å²) in [5.41, 5.74) is 6.88. The monoisotopic (exact) mass is 527 g/mol. The second kappa shape index (κ2) is 13.8. The zero-order chi connectivity index (χ0) is 25.4. The van der Waals surface area contributed by atoms with Crippen molar-refractivity contribution >= 4 is 35.1 Å². The number of nitrogens with one attached hydrogen (secondary N) is 1.